The third kappa shape index (κ3) is 6.38. The Kier molecular flexibility index (Phi) is 7.40. The molecule has 0 unspecified atom stereocenters. The van der Waals surface area contributed by atoms with Crippen LogP contribution < -0.4 is 15.8 Å². The number of anilines is 1. The second-order valence-electron chi connectivity index (χ2n) is 5.73. The maximum Gasteiger partial charge on any atom is 0.251 e. The van der Waals surface area contributed by atoms with Crippen molar-refractivity contribution >= 4 is 39.3 Å². The number of hydrogen-bond donors (Lipinski definition) is 3. The van der Waals surface area contributed by atoms with E-state index in [1.54, 1.807) is 42.1 Å². The molecule has 2 rings (SSSR count). The van der Waals surface area contributed by atoms with Crippen LogP contribution >= 0.6 is 11.8 Å². The number of nitrogens with two attached hydrogens (primary N) is 1. The molecule has 0 heterocycles. The van der Waals surface area contributed by atoms with Gasteiger partial charge in [0.25, 0.3) is 5.91 Å². The third-order valence-corrected chi connectivity index (χ3v) is 5.29. The summed E-state index contributed by atoms with van der Waals surface area (Å²) >= 11 is 1.57. The summed E-state index contributed by atoms with van der Waals surface area (Å²) in [6.45, 7) is 0. The Labute approximate surface area is 162 Å². The van der Waals surface area contributed by atoms with E-state index >= 15 is 0 Å². The second-order valence-corrected chi connectivity index (χ2v) is 8.28. The lowest BCUT2D eigenvalue weighted by molar-refractivity contribution is -0.118. The van der Waals surface area contributed by atoms with Crippen molar-refractivity contribution in [3.63, 3.8) is 0 Å². The topological polar surface area (TPSA) is 118 Å². The SMILES string of the molecule is CSCC[C@@H](NC(=O)c1ccccc1)C(=O)Nc1ccc(S(N)(=O)=O)cc1. The van der Waals surface area contributed by atoms with E-state index in [0.29, 0.717) is 23.4 Å². The summed E-state index contributed by atoms with van der Waals surface area (Å²) < 4.78 is 22.6. The smallest absolute Gasteiger partial charge is 0.251 e. The molecule has 0 aliphatic rings. The molecule has 0 radical (unpaired) electrons. The minimum atomic E-state index is -3.80. The van der Waals surface area contributed by atoms with Gasteiger partial charge in [0.2, 0.25) is 15.9 Å². The number of thioether (sulfide) groups is 1. The number of carbonyl (C=O) groups is 2. The number of benzene rings is 2. The molecule has 7 nitrogen and oxygen atoms in total. The maximum atomic E-state index is 12.6. The van der Waals surface area contributed by atoms with Gasteiger partial charge >= 0.3 is 0 Å². The summed E-state index contributed by atoms with van der Waals surface area (Å²) in [5.41, 5.74) is 0.882. The first-order valence-corrected chi connectivity index (χ1v) is 11.0. The van der Waals surface area contributed by atoms with Gasteiger partial charge < -0.3 is 10.6 Å². The minimum Gasteiger partial charge on any atom is -0.340 e. The van der Waals surface area contributed by atoms with Gasteiger partial charge in [-0.25, -0.2) is 13.6 Å². The van der Waals surface area contributed by atoms with Crippen molar-refractivity contribution in [1.82, 2.24) is 5.32 Å². The third-order valence-electron chi connectivity index (χ3n) is 3.72. The van der Waals surface area contributed by atoms with Crippen molar-refractivity contribution in [2.24, 2.45) is 5.14 Å². The molecule has 1 atom stereocenters. The van der Waals surface area contributed by atoms with E-state index in [1.165, 1.54) is 24.3 Å². The first-order valence-electron chi connectivity index (χ1n) is 8.10. The minimum absolute atomic E-state index is 0.0446. The number of sulfonamides is 1. The molecule has 0 saturated carbocycles. The lowest BCUT2D eigenvalue weighted by Gasteiger charge is -2.18. The number of nitrogens with one attached hydrogen (secondary N) is 2. The Morgan fingerprint density at radius 2 is 1.70 bits per heavy atom. The van der Waals surface area contributed by atoms with Gasteiger partial charge in [-0.05, 0) is 54.8 Å². The highest BCUT2D eigenvalue weighted by molar-refractivity contribution is 7.98. The molecule has 27 heavy (non-hydrogen) atoms. The lowest BCUT2D eigenvalue weighted by atomic mass is 10.1. The number of rotatable bonds is 8. The van der Waals surface area contributed by atoms with Crippen molar-refractivity contribution in [2.75, 3.05) is 17.3 Å². The molecule has 0 aliphatic carbocycles. The number of carbonyl (C=O) groups excluding carboxylic acids is 2. The average molecular weight is 408 g/mol. The molecule has 2 amide bonds. The highest BCUT2D eigenvalue weighted by atomic mass is 32.2. The monoisotopic (exact) mass is 407 g/mol. The quantitative estimate of drug-likeness (QED) is 0.617. The zero-order valence-corrected chi connectivity index (χ0v) is 16.3. The zero-order chi connectivity index (χ0) is 19.9. The first kappa shape index (κ1) is 20.9. The summed E-state index contributed by atoms with van der Waals surface area (Å²) in [6.07, 6.45) is 2.38. The fraction of sp³-hybridized carbons (Fsp3) is 0.222. The standard InChI is InChI=1S/C18H21N3O4S2/c1-26-12-11-16(21-17(22)13-5-3-2-4-6-13)18(23)20-14-7-9-15(10-8-14)27(19,24)25/h2-10,16H,11-12H2,1H3,(H,20,23)(H,21,22)(H2,19,24,25)/t16-/m1/s1. The second kappa shape index (κ2) is 9.54. The van der Waals surface area contributed by atoms with Gasteiger partial charge in [0.05, 0.1) is 4.90 Å². The van der Waals surface area contributed by atoms with Gasteiger partial charge in [0.1, 0.15) is 6.04 Å². The Morgan fingerprint density at radius 1 is 1.07 bits per heavy atom. The van der Waals surface area contributed by atoms with E-state index in [2.05, 4.69) is 10.6 Å². The van der Waals surface area contributed by atoms with Crippen LogP contribution in [0, 0.1) is 0 Å². The van der Waals surface area contributed by atoms with Gasteiger partial charge in [-0.1, -0.05) is 18.2 Å². The molecular formula is C18H21N3O4S2. The Bertz CT molecular complexity index is 885. The summed E-state index contributed by atoms with van der Waals surface area (Å²) in [5.74, 6) is -0.0181. The van der Waals surface area contributed by atoms with E-state index in [0.717, 1.165) is 0 Å². The summed E-state index contributed by atoms with van der Waals surface area (Å²) in [4.78, 5) is 24.9. The van der Waals surface area contributed by atoms with E-state index in [4.69, 9.17) is 5.14 Å². The number of hydrogen-bond acceptors (Lipinski definition) is 5. The van der Waals surface area contributed by atoms with Crippen LogP contribution in [0.2, 0.25) is 0 Å². The molecule has 0 aliphatic heterocycles. The molecule has 2 aromatic carbocycles. The van der Waals surface area contributed by atoms with Gasteiger partial charge in [-0.2, -0.15) is 11.8 Å². The number of primary sulfonamides is 1. The summed E-state index contributed by atoms with van der Waals surface area (Å²) in [6, 6.07) is 13.4. The van der Waals surface area contributed by atoms with Crippen molar-refractivity contribution in [1.29, 1.82) is 0 Å². The summed E-state index contributed by atoms with van der Waals surface area (Å²) in [5, 5.41) is 10.5. The summed E-state index contributed by atoms with van der Waals surface area (Å²) in [7, 11) is -3.80. The molecule has 0 saturated heterocycles. The highest BCUT2D eigenvalue weighted by Crippen LogP contribution is 2.14. The van der Waals surface area contributed by atoms with Gasteiger partial charge in [0, 0.05) is 11.3 Å². The van der Waals surface area contributed by atoms with Crippen molar-refractivity contribution in [3.8, 4) is 0 Å². The zero-order valence-electron chi connectivity index (χ0n) is 14.7. The largest absolute Gasteiger partial charge is 0.340 e. The number of amides is 2. The van der Waals surface area contributed by atoms with Crippen LogP contribution in [0.15, 0.2) is 59.5 Å². The van der Waals surface area contributed by atoms with Crippen molar-refractivity contribution in [3.05, 3.63) is 60.2 Å². The fourth-order valence-electron chi connectivity index (χ4n) is 2.29. The average Bonchev–Trinajstić information content (AvgIpc) is 2.65. The molecule has 0 fully saturated rings. The molecule has 9 heteroatoms. The van der Waals surface area contributed by atoms with Crippen LogP contribution in [0.3, 0.4) is 0 Å². The van der Waals surface area contributed by atoms with Crippen molar-refractivity contribution in [2.45, 2.75) is 17.4 Å². The molecule has 2 aromatic rings. The van der Waals surface area contributed by atoms with E-state index in [-0.39, 0.29) is 16.7 Å². The lowest BCUT2D eigenvalue weighted by Crippen LogP contribution is -2.44. The molecule has 0 aromatic heterocycles. The molecule has 4 N–H and O–H groups in total. The van der Waals surface area contributed by atoms with Crippen LogP contribution in [-0.2, 0) is 14.8 Å². The highest BCUT2D eigenvalue weighted by Gasteiger charge is 2.21. The first-order chi connectivity index (χ1) is 12.8. The Morgan fingerprint density at radius 3 is 2.26 bits per heavy atom. The van der Waals surface area contributed by atoms with E-state index in [1.807, 2.05) is 6.26 Å². The van der Waals surface area contributed by atoms with E-state index < -0.39 is 16.1 Å². The van der Waals surface area contributed by atoms with Gasteiger partial charge in [-0.3, -0.25) is 9.59 Å². The van der Waals surface area contributed by atoms with Crippen LogP contribution in [-0.4, -0.2) is 38.3 Å². The maximum absolute atomic E-state index is 12.6. The Balaban J connectivity index is 2.08. The molecule has 0 spiro atoms. The predicted octanol–water partition coefficient (Wildman–Crippen LogP) is 1.82. The van der Waals surface area contributed by atoms with Crippen LogP contribution in [0.4, 0.5) is 5.69 Å². The van der Waals surface area contributed by atoms with E-state index in [9.17, 15) is 18.0 Å². The molecule has 0 bridgehead atoms. The van der Waals surface area contributed by atoms with Gasteiger partial charge in [-0.15, -0.1) is 0 Å². The van der Waals surface area contributed by atoms with Crippen molar-refractivity contribution < 1.29 is 18.0 Å². The van der Waals surface area contributed by atoms with Gasteiger partial charge in [0.15, 0.2) is 0 Å². The normalized spacial score (nSPS) is 12.2. The Hall–Kier alpha value is -2.36. The molecular weight excluding hydrogens is 386 g/mol. The van der Waals surface area contributed by atoms with Crippen LogP contribution in [0.1, 0.15) is 16.8 Å². The predicted molar refractivity (Wildman–Crippen MR) is 107 cm³/mol. The molecule has 144 valence electrons. The van der Waals surface area contributed by atoms with Crippen LogP contribution in [0.5, 0.6) is 0 Å². The van der Waals surface area contributed by atoms with Crippen LogP contribution in [0.25, 0.3) is 0 Å². The fourth-order valence-corrected chi connectivity index (χ4v) is 3.28.